The molecule has 2 saturated heterocycles. The van der Waals surface area contributed by atoms with Crippen LogP contribution in [0.15, 0.2) is 119 Å². The van der Waals surface area contributed by atoms with E-state index in [1.165, 1.54) is 44.8 Å². The summed E-state index contributed by atoms with van der Waals surface area (Å²) in [6, 6.07) is 26.3. The lowest BCUT2D eigenvalue weighted by atomic mass is 9.47. The molecule has 1 saturated carbocycles. The van der Waals surface area contributed by atoms with Gasteiger partial charge in [0.1, 0.15) is 21.0 Å². The molecular weight excluding hydrogens is 1310 g/mol. The van der Waals surface area contributed by atoms with Crippen molar-refractivity contribution in [2.75, 3.05) is 91.6 Å². The number of anilines is 2. The number of benzene rings is 4. The molecule has 7 aliphatic rings. The Labute approximate surface area is 569 Å². The highest BCUT2D eigenvalue weighted by Crippen LogP contribution is 2.68. The van der Waals surface area contributed by atoms with Crippen LogP contribution in [0.3, 0.4) is 0 Å². The molecule has 514 valence electrons. The van der Waals surface area contributed by atoms with Crippen LogP contribution in [0.25, 0.3) is 10.9 Å². The number of hydrogen-bond acceptors (Lipinski definition) is 19. The average molecular weight is 1400 g/mol. The number of aliphatic hydroxyl groups is 2. The van der Waals surface area contributed by atoms with E-state index >= 15 is 4.79 Å². The highest BCUT2D eigenvalue weighted by atomic mass is 35.5. The number of carbonyl (C=O) groups excluding carboxylic acids is 4. The number of H-pyrrole nitrogens is 1. The molecule has 27 heteroatoms. The van der Waals surface area contributed by atoms with E-state index < -0.39 is 88.5 Å². The highest BCUT2D eigenvalue weighted by Gasteiger charge is 2.81. The summed E-state index contributed by atoms with van der Waals surface area (Å²) >= 11 is 11.7. The Kier molecular flexibility index (Phi) is 19.8. The summed E-state index contributed by atoms with van der Waals surface area (Å²) in [5.74, 6) is -1.74. The van der Waals surface area contributed by atoms with Gasteiger partial charge in [-0.1, -0.05) is 85.6 Å². The van der Waals surface area contributed by atoms with Crippen molar-refractivity contribution in [1.82, 2.24) is 29.4 Å². The molecular formula is C69H83Cl2N9O14S2. The zero-order valence-corrected chi connectivity index (χ0v) is 58.1. The van der Waals surface area contributed by atoms with Crippen molar-refractivity contribution in [3.63, 3.8) is 0 Å². The number of piperidine rings is 1. The second kappa shape index (κ2) is 27.0. The van der Waals surface area contributed by atoms with Crippen LogP contribution in [0.5, 0.6) is 5.75 Å². The van der Waals surface area contributed by atoms with Crippen LogP contribution in [-0.2, 0) is 70.7 Å². The van der Waals surface area contributed by atoms with Crippen LogP contribution in [0.4, 0.5) is 11.4 Å². The van der Waals surface area contributed by atoms with Crippen molar-refractivity contribution >= 4 is 89.8 Å². The normalized spacial score (nSPS) is 28.5. The molecule has 1 amide bonds. The van der Waals surface area contributed by atoms with E-state index in [9.17, 15) is 41.4 Å². The summed E-state index contributed by atoms with van der Waals surface area (Å²) in [5.41, 5.74) is -0.528. The van der Waals surface area contributed by atoms with Gasteiger partial charge in [-0.2, -0.15) is 4.72 Å². The molecule has 0 unspecified atom stereocenters. The number of methoxy groups -OCH3 is 3. The monoisotopic (exact) mass is 1400 g/mol. The van der Waals surface area contributed by atoms with Gasteiger partial charge in [0.05, 0.1) is 56.0 Å². The Balaban J connectivity index is 0.000000210. The van der Waals surface area contributed by atoms with E-state index in [4.69, 9.17) is 47.3 Å². The Bertz CT molecular complexity index is 4240. The van der Waals surface area contributed by atoms with Crippen LogP contribution in [0.2, 0.25) is 10.0 Å². The van der Waals surface area contributed by atoms with E-state index in [2.05, 4.69) is 73.1 Å². The number of sulfonamides is 2. The summed E-state index contributed by atoms with van der Waals surface area (Å²) in [5, 5.41) is 34.6. The largest absolute Gasteiger partial charge is 0.496 e. The van der Waals surface area contributed by atoms with Gasteiger partial charge in [0.25, 0.3) is 0 Å². The van der Waals surface area contributed by atoms with Crippen LogP contribution >= 0.6 is 23.2 Å². The molecule has 96 heavy (non-hydrogen) atoms. The number of primary sulfonamides is 1. The Morgan fingerprint density at radius 3 is 2.29 bits per heavy atom. The van der Waals surface area contributed by atoms with Crippen molar-refractivity contribution in [1.29, 1.82) is 0 Å². The number of nitrogens with two attached hydrogens (primary N) is 1. The molecule has 2 bridgehead atoms. The molecule has 4 aromatic carbocycles. The summed E-state index contributed by atoms with van der Waals surface area (Å²) in [7, 11) is 0.477. The van der Waals surface area contributed by atoms with Crippen molar-refractivity contribution in [3.05, 3.63) is 153 Å². The summed E-state index contributed by atoms with van der Waals surface area (Å²) in [6.07, 6.45) is 8.74. The van der Waals surface area contributed by atoms with Crippen LogP contribution < -0.4 is 24.8 Å². The number of pyridine rings is 1. The third-order valence-electron chi connectivity index (χ3n) is 20.9. The second-order valence-electron chi connectivity index (χ2n) is 26.4. The van der Waals surface area contributed by atoms with Gasteiger partial charge in [-0.05, 0) is 143 Å². The number of para-hydroxylation sites is 1. The predicted octanol–water partition coefficient (Wildman–Crippen LogP) is 6.98. The van der Waals surface area contributed by atoms with E-state index in [0.29, 0.717) is 105 Å². The average Bonchev–Trinajstić information content (AvgIpc) is 1.47. The Morgan fingerprint density at radius 2 is 1.65 bits per heavy atom. The number of aromatic amines is 1. The lowest BCUT2D eigenvalue weighted by Crippen LogP contribution is -2.81. The highest BCUT2D eigenvalue weighted by molar-refractivity contribution is 7.90. The molecule has 6 aliphatic heterocycles. The van der Waals surface area contributed by atoms with Crippen molar-refractivity contribution < 1.29 is 65.2 Å². The summed E-state index contributed by atoms with van der Waals surface area (Å²) < 4.78 is 71.6. The lowest BCUT2D eigenvalue weighted by Gasteiger charge is -2.63. The predicted molar refractivity (Wildman–Crippen MR) is 363 cm³/mol. The topological polar surface area (TPSA) is 306 Å². The van der Waals surface area contributed by atoms with Crippen molar-refractivity contribution in [2.45, 2.75) is 122 Å². The first kappa shape index (κ1) is 70.3. The number of amides is 1. The van der Waals surface area contributed by atoms with Gasteiger partial charge in [-0.3, -0.25) is 29.2 Å². The van der Waals surface area contributed by atoms with E-state index in [-0.39, 0.29) is 34.6 Å². The van der Waals surface area contributed by atoms with Gasteiger partial charge in [0.15, 0.2) is 6.10 Å². The third kappa shape index (κ3) is 12.1. The molecule has 8 heterocycles. The van der Waals surface area contributed by atoms with Gasteiger partial charge in [-0.15, -0.1) is 0 Å². The smallest absolute Gasteiger partial charge is 0.344 e. The SMILES string of the molecule is CC[C@]1(O)C[C@H]2C[N@](CCc3c([nH]c4ccccc34)[C@@](C(=O)OC)(c3cc4c(cc3OC)N(C=O)[C@H]3[C@@](O)(C(=O)OC)[C@H](OC(C)=O)[C@]5(CC)C=CCN6CC[C@]43[C@@H]65)C2)C1.CN(C)CC[C@@H](c1ccc(Cl)cc1)c1ccccn1.NS(=O)(=O)c1cc2c(cc1Cl)NCNS2(=O)=O. The maximum Gasteiger partial charge on any atom is 0.344 e. The number of hydrogen-bond donors (Lipinski definition) is 6. The fourth-order valence-corrected chi connectivity index (χ4v) is 19.3. The second-order valence-corrected chi connectivity index (χ2v) is 30.5. The minimum absolute atomic E-state index is 0.0143. The fourth-order valence-electron chi connectivity index (χ4n) is 16.9. The number of esters is 3. The number of ether oxygens (including phenoxy) is 4. The first-order valence-electron chi connectivity index (χ1n) is 32.1. The van der Waals surface area contributed by atoms with Crippen molar-refractivity contribution in [3.8, 4) is 5.75 Å². The molecule has 3 fully saturated rings. The molecule has 1 spiro atoms. The van der Waals surface area contributed by atoms with Gasteiger partial charge in [0.2, 0.25) is 32.1 Å². The molecule has 2 aromatic heterocycles. The van der Waals surface area contributed by atoms with Gasteiger partial charge < -0.3 is 49.3 Å². The number of rotatable bonds is 14. The van der Waals surface area contributed by atoms with Crippen molar-refractivity contribution in [2.24, 2.45) is 16.5 Å². The molecule has 6 aromatic rings. The quantitative estimate of drug-likeness (QED) is 0.0277. The number of carbonyl (C=O) groups is 4. The first-order chi connectivity index (χ1) is 45.6. The Hall–Kier alpha value is -7.01. The number of halogens is 2. The number of aromatic nitrogens is 2. The maximum atomic E-state index is 15.3. The van der Waals surface area contributed by atoms with E-state index in [1.54, 1.807) is 6.07 Å². The van der Waals surface area contributed by atoms with Crippen LogP contribution in [-0.4, -0.2) is 187 Å². The third-order valence-corrected chi connectivity index (χ3v) is 23.9. The minimum atomic E-state index is -4.07. The molecule has 23 nitrogen and oxygen atoms in total. The zero-order valence-electron chi connectivity index (χ0n) is 54.9. The molecule has 11 atom stereocenters. The first-order valence-corrected chi connectivity index (χ1v) is 35.8. The van der Waals surface area contributed by atoms with Crippen LogP contribution in [0.1, 0.15) is 98.9 Å². The lowest BCUT2D eigenvalue weighted by molar-refractivity contribution is -0.228. The Morgan fingerprint density at radius 1 is 0.917 bits per heavy atom. The standard InChI is InChI=1S/C46H56N4O10.C16H19ClN2.C7H8ClN3O4S2/c1-7-42(55)22-28-23-45(40(53)58-5,36-30(14-18-48(24-28)25-42)29-12-9-10-13-33(29)47-36)32-20-31-34(21-35(32)57-4)50(26-51)38-44(31)16-19-49-17-11-15-43(8-2,37(44)49)39(60-27(3)52)46(38,56)41(54)59-6;1-19(2)12-10-15(16-5-3-4-11-18-16)13-6-8-14(17)9-7-13;8-4-1-5-7(2-6(4)16(9,12)13)17(14,15)11-3-10-5/h9-13,15,20-21,26,28,37-39,47,55-56H,7-8,14,16-19,22-25H2,1-6H3;3-9,11,15H,10,12H2,1-2H3;1-2,10-11H,3H2,(H2,9,12,13)/t28-,37+,38-,39-,42+,43-,44-,45+,46+;15-;/m10./s1. The summed E-state index contributed by atoms with van der Waals surface area (Å²) in [6.45, 7) is 9.21. The molecule has 7 N–H and O–H groups in total. The fraction of sp³-hybridized carbons (Fsp3) is 0.464. The van der Waals surface area contributed by atoms with Gasteiger partial charge in [-0.25, -0.2) is 26.8 Å². The minimum Gasteiger partial charge on any atom is -0.496 e. The maximum absolute atomic E-state index is 15.3. The molecule has 13 rings (SSSR count). The molecule has 1 aliphatic carbocycles. The molecule has 0 radical (unpaired) electrons. The zero-order chi connectivity index (χ0) is 69.1. The van der Waals surface area contributed by atoms with E-state index in [1.807, 2.05) is 80.7 Å². The number of nitrogens with one attached hydrogen (secondary N) is 3. The van der Waals surface area contributed by atoms with E-state index in [0.717, 1.165) is 46.2 Å². The number of nitrogens with zero attached hydrogens (tertiary/aromatic N) is 5. The van der Waals surface area contributed by atoms with Crippen LogP contribution in [0, 0.1) is 11.3 Å². The number of fused-ring (bicyclic) bond motifs is 7. The van der Waals surface area contributed by atoms with Gasteiger partial charge >= 0.3 is 17.9 Å². The summed E-state index contributed by atoms with van der Waals surface area (Å²) in [4.78, 5) is 72.2. The van der Waals surface area contributed by atoms with Gasteiger partial charge in [0, 0.05) is 101 Å².